The first-order chi connectivity index (χ1) is 13.0. The third kappa shape index (κ3) is 4.45. The molecule has 3 amide bonds. The van der Waals surface area contributed by atoms with Crippen LogP contribution in [0.3, 0.4) is 0 Å². The summed E-state index contributed by atoms with van der Waals surface area (Å²) in [7, 11) is 0. The first-order valence-corrected chi connectivity index (χ1v) is 9.26. The predicted molar refractivity (Wildman–Crippen MR) is 106 cm³/mol. The molecule has 0 bridgehead atoms. The van der Waals surface area contributed by atoms with Crippen molar-refractivity contribution in [1.29, 1.82) is 0 Å². The Hall–Kier alpha value is -2.90. The van der Waals surface area contributed by atoms with E-state index in [0.717, 1.165) is 15.6 Å². The first-order valence-electron chi connectivity index (χ1n) is 8.07. The molecule has 0 aliphatic carbocycles. The van der Waals surface area contributed by atoms with Gasteiger partial charge in [0.25, 0.3) is 17.7 Å². The van der Waals surface area contributed by atoms with Crippen molar-refractivity contribution in [2.45, 2.75) is 6.92 Å². The maximum absolute atomic E-state index is 12.2. The maximum Gasteiger partial charge on any atom is 0.281 e. The second kappa shape index (κ2) is 8.20. The molecule has 3 aromatic rings. The van der Waals surface area contributed by atoms with Gasteiger partial charge in [-0.3, -0.25) is 25.2 Å². The number of nitrogens with one attached hydrogen (secondary N) is 3. The van der Waals surface area contributed by atoms with Gasteiger partial charge in [0, 0.05) is 15.6 Å². The Kier molecular flexibility index (Phi) is 5.73. The van der Waals surface area contributed by atoms with Crippen molar-refractivity contribution in [2.75, 3.05) is 6.54 Å². The molecule has 3 N–H and O–H groups in total. The Labute approximate surface area is 164 Å². The van der Waals surface area contributed by atoms with Crippen molar-refractivity contribution in [3.05, 3.63) is 69.6 Å². The monoisotopic (exact) mass is 401 g/mol. The summed E-state index contributed by atoms with van der Waals surface area (Å²) in [5.41, 5.74) is 5.98. The van der Waals surface area contributed by atoms with Crippen LogP contribution in [0.15, 0.2) is 48.5 Å². The van der Waals surface area contributed by atoms with E-state index < -0.39 is 11.8 Å². The Morgan fingerprint density at radius 2 is 1.78 bits per heavy atom. The van der Waals surface area contributed by atoms with Crippen LogP contribution in [0.25, 0.3) is 10.1 Å². The molecule has 138 valence electrons. The van der Waals surface area contributed by atoms with Gasteiger partial charge in [-0.05, 0) is 25.1 Å². The van der Waals surface area contributed by atoms with Crippen LogP contribution >= 0.6 is 22.9 Å². The van der Waals surface area contributed by atoms with Gasteiger partial charge in [0.2, 0.25) is 0 Å². The zero-order chi connectivity index (χ0) is 19.4. The molecular formula is C19H16ClN3O3S. The minimum absolute atomic E-state index is 0.271. The van der Waals surface area contributed by atoms with Gasteiger partial charge in [-0.25, -0.2) is 0 Å². The molecular weight excluding hydrogens is 386 g/mol. The standard InChI is InChI=1S/C19H16ClN3O3S/c1-11-5-4-6-12(9-11)18(25)21-10-15(24)22-23-19(26)17-16(20)13-7-2-3-8-14(13)27-17/h2-9H,10H2,1H3,(H,21,25)(H,22,24)(H,23,26). The van der Waals surface area contributed by atoms with Crippen molar-refractivity contribution in [3.8, 4) is 0 Å². The van der Waals surface area contributed by atoms with Crippen LogP contribution in [0, 0.1) is 6.92 Å². The number of hydrazine groups is 1. The molecule has 1 aromatic heterocycles. The summed E-state index contributed by atoms with van der Waals surface area (Å²) in [4.78, 5) is 36.4. The van der Waals surface area contributed by atoms with Crippen LogP contribution in [-0.2, 0) is 4.79 Å². The quantitative estimate of drug-likeness (QED) is 0.587. The largest absolute Gasteiger partial charge is 0.343 e. The van der Waals surface area contributed by atoms with Crippen molar-refractivity contribution >= 4 is 50.7 Å². The van der Waals surface area contributed by atoms with E-state index in [0.29, 0.717) is 15.5 Å². The van der Waals surface area contributed by atoms with Crippen LogP contribution in [0.1, 0.15) is 25.6 Å². The Bertz CT molecular complexity index is 1030. The molecule has 6 nitrogen and oxygen atoms in total. The molecule has 0 radical (unpaired) electrons. The summed E-state index contributed by atoms with van der Waals surface area (Å²) in [5, 5.41) is 3.62. The molecule has 1 heterocycles. The summed E-state index contributed by atoms with van der Waals surface area (Å²) in [6.45, 7) is 1.60. The summed E-state index contributed by atoms with van der Waals surface area (Å²) in [6, 6.07) is 14.4. The normalized spacial score (nSPS) is 10.4. The number of carbonyl (C=O) groups excluding carboxylic acids is 3. The summed E-state index contributed by atoms with van der Waals surface area (Å²) in [6.07, 6.45) is 0. The molecule has 0 aliphatic rings. The number of hydrogen-bond acceptors (Lipinski definition) is 4. The SMILES string of the molecule is Cc1cccc(C(=O)NCC(=O)NNC(=O)c2sc3ccccc3c2Cl)c1. The number of hydrogen-bond donors (Lipinski definition) is 3. The van der Waals surface area contributed by atoms with Gasteiger partial charge in [-0.1, -0.05) is 47.5 Å². The van der Waals surface area contributed by atoms with E-state index in [2.05, 4.69) is 16.2 Å². The zero-order valence-electron chi connectivity index (χ0n) is 14.3. The van der Waals surface area contributed by atoms with Crippen molar-refractivity contribution in [3.63, 3.8) is 0 Å². The number of amides is 3. The lowest BCUT2D eigenvalue weighted by Crippen LogP contribution is -2.46. The van der Waals surface area contributed by atoms with E-state index in [-0.39, 0.29) is 12.5 Å². The molecule has 8 heteroatoms. The van der Waals surface area contributed by atoms with Gasteiger partial charge in [0.1, 0.15) is 4.88 Å². The lowest BCUT2D eigenvalue weighted by atomic mass is 10.1. The average molecular weight is 402 g/mol. The first kappa shape index (κ1) is 18.9. The van der Waals surface area contributed by atoms with Gasteiger partial charge in [0.15, 0.2) is 0 Å². The molecule has 0 fully saturated rings. The van der Waals surface area contributed by atoms with E-state index in [9.17, 15) is 14.4 Å². The predicted octanol–water partition coefficient (Wildman–Crippen LogP) is 3.05. The molecule has 3 rings (SSSR count). The number of aryl methyl sites for hydroxylation is 1. The Balaban J connectivity index is 1.53. The fourth-order valence-electron chi connectivity index (χ4n) is 2.44. The molecule has 0 saturated carbocycles. The van der Waals surface area contributed by atoms with Crippen LogP contribution < -0.4 is 16.2 Å². The van der Waals surface area contributed by atoms with E-state index >= 15 is 0 Å². The lowest BCUT2D eigenvalue weighted by Gasteiger charge is -2.08. The second-order valence-corrected chi connectivity index (χ2v) is 7.23. The highest BCUT2D eigenvalue weighted by molar-refractivity contribution is 7.21. The molecule has 0 atom stereocenters. The van der Waals surface area contributed by atoms with E-state index in [4.69, 9.17) is 11.6 Å². The minimum atomic E-state index is -0.554. The van der Waals surface area contributed by atoms with Gasteiger partial charge in [-0.15, -0.1) is 11.3 Å². The van der Waals surface area contributed by atoms with Crippen molar-refractivity contribution in [1.82, 2.24) is 16.2 Å². The van der Waals surface area contributed by atoms with Gasteiger partial charge >= 0.3 is 0 Å². The highest BCUT2D eigenvalue weighted by Crippen LogP contribution is 2.34. The van der Waals surface area contributed by atoms with Crippen LogP contribution in [0.2, 0.25) is 5.02 Å². The van der Waals surface area contributed by atoms with Crippen LogP contribution in [0.4, 0.5) is 0 Å². The van der Waals surface area contributed by atoms with Gasteiger partial charge in [0.05, 0.1) is 11.6 Å². The van der Waals surface area contributed by atoms with Crippen LogP contribution in [0.5, 0.6) is 0 Å². The smallest absolute Gasteiger partial charge is 0.281 e. The Morgan fingerprint density at radius 1 is 1.00 bits per heavy atom. The van der Waals surface area contributed by atoms with Crippen LogP contribution in [-0.4, -0.2) is 24.3 Å². The highest BCUT2D eigenvalue weighted by Gasteiger charge is 2.17. The minimum Gasteiger partial charge on any atom is -0.343 e. The van der Waals surface area contributed by atoms with E-state index in [1.165, 1.54) is 11.3 Å². The fourth-order valence-corrected chi connectivity index (χ4v) is 3.85. The molecule has 2 aromatic carbocycles. The van der Waals surface area contributed by atoms with Crippen molar-refractivity contribution in [2.24, 2.45) is 0 Å². The molecule has 0 spiro atoms. The zero-order valence-corrected chi connectivity index (χ0v) is 15.9. The topological polar surface area (TPSA) is 87.3 Å². The van der Waals surface area contributed by atoms with E-state index in [1.807, 2.05) is 37.3 Å². The number of rotatable bonds is 4. The average Bonchev–Trinajstić information content (AvgIpc) is 3.01. The van der Waals surface area contributed by atoms with Gasteiger partial charge in [-0.2, -0.15) is 0 Å². The number of thiophene rings is 1. The third-order valence-electron chi connectivity index (χ3n) is 3.75. The lowest BCUT2D eigenvalue weighted by molar-refractivity contribution is -0.120. The summed E-state index contributed by atoms with van der Waals surface area (Å²) < 4.78 is 0.879. The molecule has 0 saturated heterocycles. The summed E-state index contributed by atoms with van der Waals surface area (Å²) in [5.74, 6) is -1.44. The number of carbonyl (C=O) groups is 3. The van der Waals surface area contributed by atoms with Gasteiger partial charge < -0.3 is 5.32 Å². The molecule has 0 aliphatic heterocycles. The van der Waals surface area contributed by atoms with Crippen molar-refractivity contribution < 1.29 is 14.4 Å². The number of halogens is 1. The highest BCUT2D eigenvalue weighted by atomic mass is 35.5. The second-order valence-electron chi connectivity index (χ2n) is 5.80. The van der Waals surface area contributed by atoms with E-state index in [1.54, 1.807) is 18.2 Å². The fraction of sp³-hybridized carbons (Fsp3) is 0.105. The molecule has 0 unspecified atom stereocenters. The molecule has 27 heavy (non-hydrogen) atoms. The maximum atomic E-state index is 12.2. The summed E-state index contributed by atoms with van der Waals surface area (Å²) >= 11 is 7.47. The number of benzene rings is 2. The number of fused-ring (bicyclic) bond motifs is 1. The third-order valence-corrected chi connectivity index (χ3v) is 5.42. The Morgan fingerprint density at radius 3 is 2.52 bits per heavy atom.